The molecule has 44 heavy (non-hydrogen) atoms. The van der Waals surface area contributed by atoms with Crippen molar-refractivity contribution in [1.82, 2.24) is 19.8 Å². The molecule has 2 saturated heterocycles. The number of carbonyl (C=O) groups excluding carboxylic acids is 2. The van der Waals surface area contributed by atoms with Crippen LogP contribution in [0.5, 0.6) is 17.2 Å². The number of aromatic nitrogens is 2. The van der Waals surface area contributed by atoms with Crippen molar-refractivity contribution in [3.05, 3.63) is 42.7 Å². The number of piperazine rings is 1. The molecule has 3 aromatic rings. The molecule has 13 heteroatoms. The van der Waals surface area contributed by atoms with Gasteiger partial charge in [0.05, 0.1) is 31.3 Å². The van der Waals surface area contributed by atoms with Gasteiger partial charge in [-0.25, -0.2) is 14.8 Å². The predicted octanol–water partition coefficient (Wildman–Crippen LogP) is 2.85. The van der Waals surface area contributed by atoms with Crippen molar-refractivity contribution < 1.29 is 34.0 Å². The fraction of sp³-hybridized carbons (Fsp3) is 0.484. The van der Waals surface area contributed by atoms with E-state index in [2.05, 4.69) is 20.2 Å². The Morgan fingerprint density at radius 3 is 2.45 bits per heavy atom. The van der Waals surface area contributed by atoms with E-state index >= 15 is 0 Å². The average Bonchev–Trinajstić information content (AvgIpc) is 3.46. The summed E-state index contributed by atoms with van der Waals surface area (Å²) in [6.45, 7) is 6.46. The fourth-order valence-corrected chi connectivity index (χ4v) is 5.39. The molecule has 2 aliphatic rings. The molecule has 2 aromatic carbocycles. The first-order chi connectivity index (χ1) is 21.2. The van der Waals surface area contributed by atoms with Crippen LogP contribution in [-0.2, 0) is 4.79 Å². The van der Waals surface area contributed by atoms with Gasteiger partial charge in [-0.15, -0.1) is 0 Å². The van der Waals surface area contributed by atoms with Crippen molar-refractivity contribution >= 4 is 34.3 Å². The van der Waals surface area contributed by atoms with Crippen LogP contribution in [0.3, 0.4) is 0 Å². The fourth-order valence-electron chi connectivity index (χ4n) is 5.39. The van der Waals surface area contributed by atoms with Gasteiger partial charge in [0, 0.05) is 49.9 Å². The molecule has 0 saturated carbocycles. The summed E-state index contributed by atoms with van der Waals surface area (Å²) < 4.78 is 17.1. The number of amides is 3. The Hall–Kier alpha value is -4.36. The van der Waals surface area contributed by atoms with Crippen LogP contribution in [0.25, 0.3) is 10.9 Å². The lowest BCUT2D eigenvalue weighted by Gasteiger charge is -2.35. The quantitative estimate of drug-likeness (QED) is 0.314. The summed E-state index contributed by atoms with van der Waals surface area (Å²) in [4.78, 5) is 39.5. The number of hydrogen-bond donors (Lipinski definition) is 3. The van der Waals surface area contributed by atoms with Gasteiger partial charge in [0.2, 0.25) is 5.91 Å². The number of carbonyl (C=O) groups is 2. The van der Waals surface area contributed by atoms with Gasteiger partial charge in [0.1, 0.15) is 30.7 Å². The third-order valence-corrected chi connectivity index (χ3v) is 7.63. The van der Waals surface area contributed by atoms with Gasteiger partial charge < -0.3 is 44.4 Å². The van der Waals surface area contributed by atoms with Crippen molar-refractivity contribution in [2.45, 2.75) is 51.5 Å². The zero-order valence-electron chi connectivity index (χ0n) is 25.3. The van der Waals surface area contributed by atoms with E-state index in [9.17, 15) is 19.8 Å². The van der Waals surface area contributed by atoms with E-state index in [0.29, 0.717) is 61.8 Å². The third-order valence-electron chi connectivity index (χ3n) is 7.63. The molecule has 0 spiro atoms. The molecule has 13 nitrogen and oxygen atoms in total. The molecule has 0 aliphatic carbocycles. The van der Waals surface area contributed by atoms with E-state index in [1.54, 1.807) is 17.0 Å². The molecule has 5 rings (SSSR count). The van der Waals surface area contributed by atoms with E-state index in [-0.39, 0.29) is 31.1 Å². The minimum absolute atomic E-state index is 0.0777. The summed E-state index contributed by atoms with van der Waals surface area (Å²) >= 11 is 0. The average molecular weight is 609 g/mol. The van der Waals surface area contributed by atoms with Crippen LogP contribution in [0.1, 0.15) is 33.1 Å². The van der Waals surface area contributed by atoms with E-state index in [4.69, 9.17) is 14.2 Å². The lowest BCUT2D eigenvalue weighted by atomic mass is 10.2. The number of rotatable bonds is 10. The van der Waals surface area contributed by atoms with Crippen molar-refractivity contribution in [2.75, 3.05) is 56.7 Å². The first-order valence-electron chi connectivity index (χ1n) is 14.9. The highest BCUT2D eigenvalue weighted by Crippen LogP contribution is 2.35. The number of urea groups is 1. The zero-order chi connectivity index (χ0) is 31.2. The minimum Gasteiger partial charge on any atom is -0.493 e. The van der Waals surface area contributed by atoms with E-state index < -0.39 is 12.3 Å². The molecule has 0 bridgehead atoms. The summed E-state index contributed by atoms with van der Waals surface area (Å²) in [6.07, 6.45) is 0.853. The molecule has 2 atom stereocenters. The van der Waals surface area contributed by atoms with Crippen LogP contribution in [0, 0.1) is 0 Å². The summed E-state index contributed by atoms with van der Waals surface area (Å²) in [5.74, 6) is 1.97. The van der Waals surface area contributed by atoms with Crippen LogP contribution < -0.4 is 24.4 Å². The SMILES string of the molecule is COc1cc2c(N3CCN(C(=O)Nc4ccc(OC(C)C)cc4)CC3)ncnc2cc1OCC(O)CC(=O)N1CCCC1O. The van der Waals surface area contributed by atoms with Gasteiger partial charge in [-0.3, -0.25) is 4.79 Å². The standard InChI is InChI=1S/C31H40N6O7/c1-20(2)44-23-8-6-21(7-9-23)34-31(41)36-13-11-35(12-14-36)30-24-16-26(42-3)27(17-25(24)32-19-33-30)43-18-22(38)15-29(40)37-10-4-5-28(37)39/h6-9,16-17,19-20,22,28,38-39H,4-5,10-15,18H2,1-3H3,(H,34,41). The first kappa shape index (κ1) is 31.1. The summed E-state index contributed by atoms with van der Waals surface area (Å²) in [5, 5.41) is 24.1. The van der Waals surface area contributed by atoms with Crippen molar-refractivity contribution in [2.24, 2.45) is 0 Å². The van der Waals surface area contributed by atoms with Gasteiger partial charge in [-0.2, -0.15) is 0 Å². The molecule has 2 aliphatic heterocycles. The Balaban J connectivity index is 1.19. The second-order valence-corrected chi connectivity index (χ2v) is 11.2. The van der Waals surface area contributed by atoms with E-state index in [1.165, 1.54) is 18.3 Å². The number of likely N-dealkylation sites (tertiary alicyclic amines) is 1. The maximum absolute atomic E-state index is 12.9. The first-order valence-corrected chi connectivity index (χ1v) is 14.9. The number of ether oxygens (including phenoxy) is 3. The van der Waals surface area contributed by atoms with Crippen LogP contribution in [0.4, 0.5) is 16.3 Å². The van der Waals surface area contributed by atoms with Crippen molar-refractivity contribution in [3.8, 4) is 17.2 Å². The minimum atomic E-state index is -1.05. The number of methoxy groups -OCH3 is 1. The van der Waals surface area contributed by atoms with Gasteiger partial charge in [0.15, 0.2) is 11.5 Å². The van der Waals surface area contributed by atoms with Gasteiger partial charge in [-0.05, 0) is 57.0 Å². The molecule has 1 aromatic heterocycles. The molecular formula is C31H40N6O7. The Morgan fingerprint density at radius 2 is 1.80 bits per heavy atom. The van der Waals surface area contributed by atoms with Crippen LogP contribution in [-0.4, -0.2) is 107 Å². The molecule has 3 heterocycles. The smallest absolute Gasteiger partial charge is 0.321 e. The van der Waals surface area contributed by atoms with E-state index in [1.807, 2.05) is 38.1 Å². The van der Waals surface area contributed by atoms with Crippen LogP contribution in [0.15, 0.2) is 42.7 Å². The number of nitrogens with one attached hydrogen (secondary N) is 1. The summed E-state index contributed by atoms with van der Waals surface area (Å²) in [6, 6.07) is 10.7. The van der Waals surface area contributed by atoms with Gasteiger partial charge in [-0.1, -0.05) is 0 Å². The third kappa shape index (κ3) is 7.40. The van der Waals surface area contributed by atoms with Crippen molar-refractivity contribution in [3.63, 3.8) is 0 Å². The number of anilines is 2. The lowest BCUT2D eigenvalue weighted by Crippen LogP contribution is -2.50. The van der Waals surface area contributed by atoms with Crippen LogP contribution in [0.2, 0.25) is 0 Å². The Kier molecular flexibility index (Phi) is 9.85. The molecule has 236 valence electrons. The predicted molar refractivity (Wildman–Crippen MR) is 164 cm³/mol. The molecular weight excluding hydrogens is 568 g/mol. The van der Waals surface area contributed by atoms with Gasteiger partial charge in [0.25, 0.3) is 0 Å². The number of aliphatic hydroxyl groups excluding tert-OH is 2. The molecule has 3 N–H and O–H groups in total. The number of hydrogen-bond acceptors (Lipinski definition) is 10. The number of fused-ring (bicyclic) bond motifs is 1. The normalized spacial score (nSPS) is 17.6. The highest BCUT2D eigenvalue weighted by Gasteiger charge is 2.28. The molecule has 0 radical (unpaired) electrons. The maximum Gasteiger partial charge on any atom is 0.321 e. The Bertz CT molecular complexity index is 1450. The Labute approximate surface area is 256 Å². The second kappa shape index (κ2) is 14.0. The molecule has 2 fully saturated rings. The largest absolute Gasteiger partial charge is 0.493 e. The van der Waals surface area contributed by atoms with Crippen molar-refractivity contribution in [1.29, 1.82) is 0 Å². The lowest BCUT2D eigenvalue weighted by molar-refractivity contribution is -0.140. The highest BCUT2D eigenvalue weighted by atomic mass is 16.5. The molecule has 2 unspecified atom stereocenters. The maximum atomic E-state index is 12.9. The highest BCUT2D eigenvalue weighted by molar-refractivity contribution is 5.92. The summed E-state index contributed by atoms with van der Waals surface area (Å²) in [7, 11) is 1.52. The monoisotopic (exact) mass is 608 g/mol. The van der Waals surface area contributed by atoms with Gasteiger partial charge >= 0.3 is 6.03 Å². The molecule has 3 amide bonds. The zero-order valence-corrected chi connectivity index (χ0v) is 25.3. The summed E-state index contributed by atoms with van der Waals surface area (Å²) in [5.41, 5.74) is 1.33. The second-order valence-electron chi connectivity index (χ2n) is 11.2. The Morgan fingerprint density at radius 1 is 1.05 bits per heavy atom. The number of nitrogens with zero attached hydrogens (tertiary/aromatic N) is 5. The van der Waals surface area contributed by atoms with Crippen LogP contribution >= 0.6 is 0 Å². The number of aliphatic hydroxyl groups is 2. The topological polar surface area (TPSA) is 150 Å². The van der Waals surface area contributed by atoms with E-state index in [0.717, 1.165) is 23.4 Å². The number of benzene rings is 2.